The minimum Gasteiger partial charge on any atom is -0.387 e. The maximum absolute atomic E-state index is 12.2. The van der Waals surface area contributed by atoms with Crippen LogP contribution in [0.1, 0.15) is 25.7 Å². The van der Waals surface area contributed by atoms with E-state index in [0.717, 1.165) is 38.8 Å². The number of likely N-dealkylation sites (tertiary alicyclic amines) is 2. The Hall–Kier alpha value is -1.65. The van der Waals surface area contributed by atoms with Crippen LogP contribution in [-0.2, 0) is 9.59 Å². The first-order valence-electron chi connectivity index (χ1n) is 8.43. The molecule has 0 aromatic rings. The van der Waals surface area contributed by atoms with Crippen molar-refractivity contribution in [3.8, 4) is 6.07 Å². The Morgan fingerprint density at radius 2 is 1.91 bits per heavy atom. The predicted octanol–water partition coefficient (Wildman–Crippen LogP) is -0.680. The monoisotopic (exact) mass is 320 g/mol. The van der Waals surface area contributed by atoms with Crippen molar-refractivity contribution in [2.24, 2.45) is 11.8 Å². The summed E-state index contributed by atoms with van der Waals surface area (Å²) in [6.45, 7) is 2.01. The predicted molar refractivity (Wildman–Crippen MR) is 82.0 cm³/mol. The Bertz CT molecular complexity index is 504. The van der Waals surface area contributed by atoms with Crippen LogP contribution in [0.2, 0.25) is 0 Å². The lowest BCUT2D eigenvalue weighted by Crippen LogP contribution is -2.43. The van der Waals surface area contributed by atoms with E-state index in [1.54, 1.807) is 9.80 Å². The molecule has 2 amide bonds. The zero-order chi connectivity index (χ0) is 16.4. The SMILES string of the molecule is N#CC1CCCN1C(=O)CN[C@@H]1C[C@@H]2CN(C(=O)CO)C[C@@H]2C1. The molecule has 4 atom stereocenters. The number of nitrogens with zero attached hydrogens (tertiary/aromatic N) is 3. The number of carbonyl (C=O) groups excluding carboxylic acids is 2. The highest BCUT2D eigenvalue weighted by Crippen LogP contribution is 2.38. The molecule has 3 aliphatic rings. The summed E-state index contributed by atoms with van der Waals surface area (Å²) in [4.78, 5) is 27.2. The fraction of sp³-hybridized carbons (Fsp3) is 0.812. The van der Waals surface area contributed by atoms with Crippen LogP contribution in [0.15, 0.2) is 0 Å². The number of hydrogen-bond acceptors (Lipinski definition) is 5. The molecule has 1 aliphatic carbocycles. The minimum absolute atomic E-state index is 0.0168. The standard InChI is InChI=1S/C16H24N4O3/c17-6-14-2-1-3-20(14)15(22)7-18-13-4-11-8-19(16(23)10-21)9-12(11)5-13/h11-14,18,21H,1-5,7-10H2/t11-,12+,13-,14?. The molecule has 2 N–H and O–H groups in total. The van der Waals surface area contributed by atoms with Crippen molar-refractivity contribution in [2.45, 2.75) is 37.8 Å². The van der Waals surface area contributed by atoms with E-state index < -0.39 is 6.61 Å². The maximum Gasteiger partial charge on any atom is 0.248 e. The molecule has 3 fully saturated rings. The van der Waals surface area contributed by atoms with Crippen LogP contribution in [0.3, 0.4) is 0 Å². The van der Waals surface area contributed by atoms with Gasteiger partial charge in [0.15, 0.2) is 0 Å². The van der Waals surface area contributed by atoms with Gasteiger partial charge in [-0.15, -0.1) is 0 Å². The molecule has 0 bridgehead atoms. The number of fused-ring (bicyclic) bond motifs is 1. The molecule has 3 rings (SSSR count). The average Bonchev–Trinajstić information content (AvgIpc) is 3.24. The van der Waals surface area contributed by atoms with Gasteiger partial charge in [0.2, 0.25) is 11.8 Å². The van der Waals surface area contributed by atoms with Gasteiger partial charge in [0.05, 0.1) is 12.6 Å². The second kappa shape index (κ2) is 6.85. The van der Waals surface area contributed by atoms with Crippen molar-refractivity contribution < 1.29 is 14.7 Å². The summed E-state index contributed by atoms with van der Waals surface area (Å²) >= 11 is 0. The lowest BCUT2D eigenvalue weighted by Gasteiger charge is -2.22. The zero-order valence-corrected chi connectivity index (χ0v) is 13.3. The van der Waals surface area contributed by atoms with E-state index in [4.69, 9.17) is 10.4 Å². The number of nitriles is 1. The fourth-order valence-electron chi connectivity index (χ4n) is 4.30. The number of nitrogens with one attached hydrogen (secondary N) is 1. The third kappa shape index (κ3) is 3.33. The van der Waals surface area contributed by atoms with Crippen molar-refractivity contribution in [1.29, 1.82) is 5.26 Å². The van der Waals surface area contributed by atoms with Crippen LogP contribution < -0.4 is 5.32 Å². The van der Waals surface area contributed by atoms with E-state index in [2.05, 4.69) is 11.4 Å². The number of aliphatic hydroxyl groups excluding tert-OH is 1. The second-order valence-corrected chi connectivity index (χ2v) is 6.90. The normalized spacial score (nSPS) is 32.9. The van der Waals surface area contributed by atoms with Gasteiger partial charge >= 0.3 is 0 Å². The van der Waals surface area contributed by atoms with E-state index in [9.17, 15) is 9.59 Å². The molecule has 2 saturated heterocycles. The summed E-state index contributed by atoms with van der Waals surface area (Å²) in [5.41, 5.74) is 0. The first-order valence-corrected chi connectivity index (χ1v) is 8.43. The summed E-state index contributed by atoms with van der Waals surface area (Å²) in [6, 6.07) is 2.25. The molecule has 2 heterocycles. The van der Waals surface area contributed by atoms with E-state index in [0.29, 0.717) is 31.0 Å². The van der Waals surface area contributed by atoms with Crippen LogP contribution in [0.25, 0.3) is 0 Å². The van der Waals surface area contributed by atoms with Crippen molar-refractivity contribution in [3.63, 3.8) is 0 Å². The van der Waals surface area contributed by atoms with Crippen LogP contribution in [0.4, 0.5) is 0 Å². The Kier molecular flexibility index (Phi) is 4.83. The Balaban J connectivity index is 1.43. The van der Waals surface area contributed by atoms with Gasteiger partial charge in [0.25, 0.3) is 0 Å². The zero-order valence-electron chi connectivity index (χ0n) is 13.3. The topological polar surface area (TPSA) is 96.7 Å². The summed E-state index contributed by atoms with van der Waals surface area (Å²) in [7, 11) is 0. The Labute approximate surface area is 136 Å². The average molecular weight is 320 g/mol. The van der Waals surface area contributed by atoms with Crippen LogP contribution in [-0.4, -0.2) is 71.6 Å². The lowest BCUT2D eigenvalue weighted by atomic mass is 10.0. The van der Waals surface area contributed by atoms with Gasteiger partial charge in [0.1, 0.15) is 12.6 Å². The molecule has 7 nitrogen and oxygen atoms in total. The van der Waals surface area contributed by atoms with Crippen molar-refractivity contribution >= 4 is 11.8 Å². The number of amides is 2. The van der Waals surface area contributed by atoms with Crippen molar-refractivity contribution in [1.82, 2.24) is 15.1 Å². The number of rotatable bonds is 4. The Morgan fingerprint density at radius 1 is 1.22 bits per heavy atom. The van der Waals surface area contributed by atoms with Gasteiger partial charge in [-0.25, -0.2) is 0 Å². The van der Waals surface area contributed by atoms with Crippen LogP contribution >= 0.6 is 0 Å². The van der Waals surface area contributed by atoms with Gasteiger partial charge in [0, 0.05) is 25.7 Å². The van der Waals surface area contributed by atoms with E-state index in [-0.39, 0.29) is 17.9 Å². The summed E-state index contributed by atoms with van der Waals surface area (Å²) < 4.78 is 0. The Morgan fingerprint density at radius 3 is 2.52 bits per heavy atom. The molecule has 1 unspecified atom stereocenters. The van der Waals surface area contributed by atoms with Gasteiger partial charge in [-0.2, -0.15) is 5.26 Å². The largest absolute Gasteiger partial charge is 0.387 e. The van der Waals surface area contributed by atoms with Crippen LogP contribution in [0.5, 0.6) is 0 Å². The molecule has 2 aliphatic heterocycles. The highest BCUT2D eigenvalue weighted by atomic mass is 16.3. The van der Waals surface area contributed by atoms with E-state index in [1.165, 1.54) is 0 Å². The van der Waals surface area contributed by atoms with Crippen molar-refractivity contribution in [2.75, 3.05) is 32.8 Å². The fourth-order valence-corrected chi connectivity index (χ4v) is 4.30. The summed E-state index contributed by atoms with van der Waals surface area (Å²) in [5.74, 6) is 0.771. The molecule has 23 heavy (non-hydrogen) atoms. The van der Waals surface area contributed by atoms with Gasteiger partial charge in [-0.1, -0.05) is 0 Å². The van der Waals surface area contributed by atoms with Crippen LogP contribution in [0, 0.1) is 23.2 Å². The summed E-state index contributed by atoms with van der Waals surface area (Å²) in [5, 5.41) is 21.3. The lowest BCUT2D eigenvalue weighted by molar-refractivity contribution is -0.133. The second-order valence-electron chi connectivity index (χ2n) is 6.90. The maximum atomic E-state index is 12.2. The van der Waals surface area contributed by atoms with Gasteiger partial charge < -0.3 is 20.2 Å². The number of aliphatic hydroxyl groups is 1. The highest BCUT2D eigenvalue weighted by Gasteiger charge is 2.42. The third-order valence-electron chi connectivity index (χ3n) is 5.50. The smallest absolute Gasteiger partial charge is 0.248 e. The molecule has 0 aromatic carbocycles. The molecule has 0 radical (unpaired) electrons. The molecule has 0 spiro atoms. The molecular weight excluding hydrogens is 296 g/mol. The van der Waals surface area contributed by atoms with Crippen molar-refractivity contribution in [3.05, 3.63) is 0 Å². The molecule has 126 valence electrons. The summed E-state index contributed by atoms with van der Waals surface area (Å²) in [6.07, 6.45) is 3.63. The van der Waals surface area contributed by atoms with Gasteiger partial charge in [-0.05, 0) is 37.5 Å². The third-order valence-corrected chi connectivity index (χ3v) is 5.50. The van der Waals surface area contributed by atoms with E-state index >= 15 is 0 Å². The molecular formula is C16H24N4O3. The quantitative estimate of drug-likeness (QED) is 0.715. The van der Waals surface area contributed by atoms with E-state index in [1.807, 2.05) is 0 Å². The molecule has 1 saturated carbocycles. The molecule has 7 heteroatoms. The molecule has 0 aromatic heterocycles. The minimum atomic E-state index is -0.411. The highest BCUT2D eigenvalue weighted by molar-refractivity contribution is 5.79. The first-order chi connectivity index (χ1) is 11.1. The number of hydrogen-bond donors (Lipinski definition) is 2. The first kappa shape index (κ1) is 16.2. The van der Waals surface area contributed by atoms with Gasteiger partial charge in [-0.3, -0.25) is 9.59 Å². The number of carbonyl (C=O) groups is 2.